The fourth-order valence-corrected chi connectivity index (χ4v) is 3.04. The van der Waals surface area contributed by atoms with Crippen molar-refractivity contribution in [1.82, 2.24) is 14.9 Å². The van der Waals surface area contributed by atoms with Crippen LogP contribution in [0.2, 0.25) is 0 Å². The Bertz CT molecular complexity index is 950. The first kappa shape index (κ1) is 18.1. The molecular weight excluding hydrogens is 326 g/mol. The molecule has 1 amide bonds. The molecular formula is C21H25N3O2. The Kier molecular flexibility index (Phi) is 4.59. The Morgan fingerprint density at radius 2 is 1.96 bits per heavy atom. The van der Waals surface area contributed by atoms with Crippen molar-refractivity contribution in [1.29, 1.82) is 0 Å². The Morgan fingerprint density at radius 3 is 2.58 bits per heavy atom. The topological polar surface area (TPSA) is 67.2 Å². The predicted molar refractivity (Wildman–Crippen MR) is 103 cm³/mol. The van der Waals surface area contributed by atoms with E-state index in [4.69, 9.17) is 0 Å². The lowest BCUT2D eigenvalue weighted by atomic mass is 10.0. The molecule has 5 nitrogen and oxygen atoms in total. The number of rotatable bonds is 4. The van der Waals surface area contributed by atoms with Crippen LogP contribution in [0.5, 0.6) is 0 Å². The third-order valence-electron chi connectivity index (χ3n) is 4.69. The molecule has 0 saturated carbocycles. The maximum absolute atomic E-state index is 12.7. The number of aromatic nitrogens is 2. The highest BCUT2D eigenvalue weighted by molar-refractivity contribution is 5.99. The Morgan fingerprint density at radius 1 is 1.23 bits per heavy atom. The minimum absolute atomic E-state index is 0.125. The summed E-state index contributed by atoms with van der Waals surface area (Å²) in [5.41, 5.74) is 3.34. The van der Waals surface area contributed by atoms with Gasteiger partial charge in [0.05, 0.1) is 11.7 Å². The molecule has 3 rings (SSSR count). The van der Waals surface area contributed by atoms with Gasteiger partial charge in [0.1, 0.15) is 11.3 Å². The van der Waals surface area contributed by atoms with Crippen LogP contribution in [0, 0.1) is 6.92 Å². The van der Waals surface area contributed by atoms with Crippen molar-refractivity contribution in [3.8, 4) is 0 Å². The highest BCUT2D eigenvalue weighted by Gasteiger charge is 2.19. The Hall–Kier alpha value is -2.66. The van der Waals surface area contributed by atoms with E-state index in [-0.39, 0.29) is 11.9 Å². The van der Waals surface area contributed by atoms with Crippen molar-refractivity contribution < 1.29 is 9.90 Å². The number of aryl methyl sites for hydroxylation is 2. The van der Waals surface area contributed by atoms with E-state index in [1.165, 1.54) is 0 Å². The number of fused-ring (bicyclic) bond motifs is 1. The number of hydrogen-bond donors (Lipinski definition) is 2. The molecule has 0 unspecified atom stereocenters. The van der Waals surface area contributed by atoms with Gasteiger partial charge in [0.25, 0.3) is 5.91 Å². The lowest BCUT2D eigenvalue weighted by molar-refractivity contribution is 0.0737. The molecule has 5 heteroatoms. The molecule has 0 fully saturated rings. The van der Waals surface area contributed by atoms with Crippen molar-refractivity contribution >= 4 is 16.8 Å². The van der Waals surface area contributed by atoms with Gasteiger partial charge in [0.2, 0.25) is 0 Å². The number of carbonyl (C=O) groups excluding carboxylic acids is 1. The molecule has 3 aromatic rings. The second kappa shape index (κ2) is 6.57. The van der Waals surface area contributed by atoms with Gasteiger partial charge in [0.15, 0.2) is 0 Å². The predicted octanol–water partition coefficient (Wildman–Crippen LogP) is 3.60. The van der Waals surface area contributed by atoms with Crippen molar-refractivity contribution in [2.24, 2.45) is 7.05 Å². The molecule has 26 heavy (non-hydrogen) atoms. The molecule has 0 aliphatic carbocycles. The molecule has 0 saturated heterocycles. The van der Waals surface area contributed by atoms with E-state index < -0.39 is 5.60 Å². The van der Waals surface area contributed by atoms with Gasteiger partial charge in [-0.3, -0.25) is 9.78 Å². The van der Waals surface area contributed by atoms with Crippen LogP contribution < -0.4 is 5.32 Å². The molecule has 0 aliphatic rings. The number of carbonyl (C=O) groups is 1. The van der Waals surface area contributed by atoms with Crippen LogP contribution in [0.15, 0.2) is 42.6 Å². The molecule has 0 bridgehead atoms. The zero-order valence-corrected chi connectivity index (χ0v) is 15.9. The minimum atomic E-state index is -0.980. The fourth-order valence-electron chi connectivity index (χ4n) is 3.04. The second-order valence-electron chi connectivity index (χ2n) is 7.38. The van der Waals surface area contributed by atoms with Crippen LogP contribution in [0.3, 0.4) is 0 Å². The number of benzene rings is 1. The summed E-state index contributed by atoms with van der Waals surface area (Å²) in [6.45, 7) is 7.36. The molecule has 136 valence electrons. The molecule has 1 atom stereocenters. The van der Waals surface area contributed by atoms with Gasteiger partial charge in [0, 0.05) is 24.1 Å². The molecule has 0 aliphatic heterocycles. The normalized spacial score (nSPS) is 13.0. The second-order valence-corrected chi connectivity index (χ2v) is 7.38. The fraction of sp³-hybridized carbons (Fsp3) is 0.333. The van der Waals surface area contributed by atoms with Gasteiger partial charge >= 0.3 is 0 Å². The molecule has 2 aromatic heterocycles. The standard InChI is InChI=1S/C21H25N3O2/c1-13-6-7-15-11-18(24(5)17(15)10-13)20(25)23-14(2)16-8-9-19(22-12-16)21(3,4)26/h6-12,14,26H,1-5H3,(H,23,25)/t14-/m0/s1. The lowest BCUT2D eigenvalue weighted by Gasteiger charge is -2.18. The van der Waals surface area contributed by atoms with Crippen molar-refractivity contribution in [2.45, 2.75) is 39.3 Å². The van der Waals surface area contributed by atoms with E-state index in [1.807, 2.05) is 49.7 Å². The average molecular weight is 351 g/mol. The van der Waals surface area contributed by atoms with E-state index in [2.05, 4.69) is 16.4 Å². The van der Waals surface area contributed by atoms with Crippen molar-refractivity contribution in [3.63, 3.8) is 0 Å². The van der Waals surface area contributed by atoms with Gasteiger partial charge in [-0.1, -0.05) is 18.2 Å². The van der Waals surface area contributed by atoms with Crippen LogP contribution >= 0.6 is 0 Å². The third-order valence-corrected chi connectivity index (χ3v) is 4.69. The highest BCUT2D eigenvalue weighted by Crippen LogP contribution is 2.22. The monoisotopic (exact) mass is 351 g/mol. The molecule has 2 heterocycles. The molecule has 0 spiro atoms. The SMILES string of the molecule is Cc1ccc2cc(C(=O)N[C@@H](C)c3ccc(C(C)(C)O)nc3)n(C)c2c1. The van der Waals surface area contributed by atoms with Crippen LogP contribution in [0.1, 0.15) is 54.1 Å². The van der Waals surface area contributed by atoms with Gasteiger partial charge < -0.3 is 15.0 Å². The number of nitrogens with one attached hydrogen (secondary N) is 1. The first-order chi connectivity index (χ1) is 12.2. The highest BCUT2D eigenvalue weighted by atomic mass is 16.3. The average Bonchev–Trinajstić information content (AvgIpc) is 2.91. The summed E-state index contributed by atoms with van der Waals surface area (Å²) in [5.74, 6) is -0.125. The minimum Gasteiger partial charge on any atom is -0.384 e. The number of aliphatic hydroxyl groups is 1. The summed E-state index contributed by atoms with van der Waals surface area (Å²) in [4.78, 5) is 17.0. The van der Waals surface area contributed by atoms with Crippen molar-refractivity contribution in [2.75, 3.05) is 0 Å². The van der Waals surface area contributed by atoms with E-state index >= 15 is 0 Å². The molecule has 0 radical (unpaired) electrons. The van der Waals surface area contributed by atoms with Crippen molar-refractivity contribution in [3.05, 3.63) is 65.1 Å². The number of pyridine rings is 1. The summed E-state index contributed by atoms with van der Waals surface area (Å²) < 4.78 is 1.92. The van der Waals surface area contributed by atoms with E-state index in [0.717, 1.165) is 22.0 Å². The lowest BCUT2D eigenvalue weighted by Crippen LogP contribution is -2.28. The van der Waals surface area contributed by atoms with Gasteiger partial charge in [-0.15, -0.1) is 0 Å². The van der Waals surface area contributed by atoms with Gasteiger partial charge in [-0.05, 0) is 57.0 Å². The number of nitrogens with zero attached hydrogens (tertiary/aromatic N) is 2. The smallest absolute Gasteiger partial charge is 0.268 e. The first-order valence-corrected chi connectivity index (χ1v) is 8.72. The maximum Gasteiger partial charge on any atom is 0.268 e. The summed E-state index contributed by atoms with van der Waals surface area (Å²) in [7, 11) is 1.90. The van der Waals surface area contributed by atoms with Crippen LogP contribution in [-0.4, -0.2) is 20.6 Å². The zero-order chi connectivity index (χ0) is 19.1. The Labute approximate surface area is 153 Å². The summed E-state index contributed by atoms with van der Waals surface area (Å²) in [6, 6.07) is 11.5. The molecule has 2 N–H and O–H groups in total. The van der Waals surface area contributed by atoms with E-state index in [9.17, 15) is 9.90 Å². The third kappa shape index (κ3) is 3.48. The van der Waals surface area contributed by atoms with Crippen LogP contribution in [0.25, 0.3) is 10.9 Å². The quantitative estimate of drug-likeness (QED) is 0.755. The first-order valence-electron chi connectivity index (χ1n) is 8.72. The number of amides is 1. The van der Waals surface area contributed by atoms with Crippen LogP contribution in [-0.2, 0) is 12.6 Å². The van der Waals surface area contributed by atoms with Gasteiger partial charge in [-0.2, -0.15) is 0 Å². The summed E-state index contributed by atoms with van der Waals surface area (Å²) in [6.07, 6.45) is 1.70. The number of hydrogen-bond acceptors (Lipinski definition) is 3. The van der Waals surface area contributed by atoms with E-state index in [1.54, 1.807) is 26.1 Å². The van der Waals surface area contributed by atoms with Crippen LogP contribution in [0.4, 0.5) is 0 Å². The van der Waals surface area contributed by atoms with E-state index in [0.29, 0.717) is 11.4 Å². The largest absolute Gasteiger partial charge is 0.384 e. The molecule has 1 aromatic carbocycles. The maximum atomic E-state index is 12.7. The summed E-state index contributed by atoms with van der Waals surface area (Å²) >= 11 is 0. The Balaban J connectivity index is 1.80. The summed E-state index contributed by atoms with van der Waals surface area (Å²) in [5, 5.41) is 14.1. The van der Waals surface area contributed by atoms with Gasteiger partial charge in [-0.25, -0.2) is 0 Å². The zero-order valence-electron chi connectivity index (χ0n) is 15.9.